The molecule has 0 radical (unpaired) electrons. The smallest absolute Gasteiger partial charge is 0.122 e. The second-order valence-electron chi connectivity index (χ2n) is 7.94. The van der Waals surface area contributed by atoms with Gasteiger partial charge in [-0.2, -0.15) is 0 Å². The van der Waals surface area contributed by atoms with Crippen LogP contribution in [0.5, 0.6) is 5.75 Å². The van der Waals surface area contributed by atoms with Gasteiger partial charge in [-0.15, -0.1) is 0 Å². The first-order chi connectivity index (χ1) is 11.3. The highest BCUT2D eigenvalue weighted by molar-refractivity contribution is 5.36. The Bertz CT molecular complexity index is 520. The van der Waals surface area contributed by atoms with Crippen LogP contribution in [-0.4, -0.2) is 30.6 Å². The highest BCUT2D eigenvalue weighted by atomic mass is 16.5. The van der Waals surface area contributed by atoms with Crippen LogP contribution in [0.4, 0.5) is 0 Å². The molecule has 4 rings (SSSR count). The Hall–Kier alpha value is -1.02. The van der Waals surface area contributed by atoms with Crippen LogP contribution in [0.1, 0.15) is 63.4 Å². The third-order valence-electron chi connectivity index (χ3n) is 6.52. The first-order valence-electron chi connectivity index (χ1n) is 9.81. The zero-order valence-corrected chi connectivity index (χ0v) is 14.5. The number of rotatable bonds is 5. The molecule has 3 aliphatic rings. The van der Waals surface area contributed by atoms with E-state index in [1.165, 1.54) is 57.2 Å². The predicted molar refractivity (Wildman–Crippen MR) is 95.0 cm³/mol. The van der Waals surface area contributed by atoms with E-state index in [0.29, 0.717) is 5.92 Å². The molecular formula is C21H31NO. The molecule has 1 saturated heterocycles. The molecule has 1 aliphatic heterocycles. The van der Waals surface area contributed by atoms with Crippen molar-refractivity contribution in [2.75, 3.05) is 19.7 Å². The lowest BCUT2D eigenvalue weighted by molar-refractivity contribution is 0.110. The van der Waals surface area contributed by atoms with Gasteiger partial charge in [-0.1, -0.05) is 31.5 Å². The molecule has 0 aromatic heterocycles. The topological polar surface area (TPSA) is 12.5 Å². The van der Waals surface area contributed by atoms with Crippen molar-refractivity contribution in [3.63, 3.8) is 0 Å². The van der Waals surface area contributed by atoms with Crippen molar-refractivity contribution in [1.29, 1.82) is 0 Å². The summed E-state index contributed by atoms with van der Waals surface area (Å²) >= 11 is 0. The fourth-order valence-corrected chi connectivity index (χ4v) is 5.36. The van der Waals surface area contributed by atoms with Gasteiger partial charge in [-0.25, -0.2) is 0 Å². The van der Waals surface area contributed by atoms with Crippen molar-refractivity contribution in [3.05, 3.63) is 29.8 Å². The minimum atomic E-state index is 0.692. The fraction of sp³-hybridized carbons (Fsp3) is 0.714. The molecule has 126 valence electrons. The van der Waals surface area contributed by atoms with E-state index >= 15 is 0 Å². The van der Waals surface area contributed by atoms with E-state index in [9.17, 15) is 0 Å². The summed E-state index contributed by atoms with van der Waals surface area (Å²) in [4.78, 5) is 2.83. The number of nitrogens with zero attached hydrogens (tertiary/aromatic N) is 1. The van der Waals surface area contributed by atoms with Crippen molar-refractivity contribution >= 4 is 0 Å². The van der Waals surface area contributed by atoms with Crippen molar-refractivity contribution in [2.45, 2.75) is 63.8 Å². The molecule has 1 heterocycles. The number of piperidine rings is 1. The Morgan fingerprint density at radius 1 is 1.04 bits per heavy atom. The van der Waals surface area contributed by atoms with E-state index in [1.54, 1.807) is 0 Å². The highest BCUT2D eigenvalue weighted by Crippen LogP contribution is 2.47. The maximum atomic E-state index is 5.99. The minimum Gasteiger partial charge on any atom is -0.493 e. The van der Waals surface area contributed by atoms with Gasteiger partial charge in [0.1, 0.15) is 5.75 Å². The molecule has 2 unspecified atom stereocenters. The van der Waals surface area contributed by atoms with Crippen LogP contribution in [0.2, 0.25) is 0 Å². The lowest BCUT2D eigenvalue weighted by Crippen LogP contribution is -2.43. The van der Waals surface area contributed by atoms with Gasteiger partial charge in [0.05, 0.1) is 6.61 Å². The number of hydrogen-bond donors (Lipinski definition) is 0. The van der Waals surface area contributed by atoms with Crippen LogP contribution >= 0.6 is 0 Å². The maximum Gasteiger partial charge on any atom is 0.122 e. The maximum absolute atomic E-state index is 5.99. The summed E-state index contributed by atoms with van der Waals surface area (Å²) in [5, 5.41) is 0. The van der Waals surface area contributed by atoms with Crippen molar-refractivity contribution in [1.82, 2.24) is 4.90 Å². The SMILES string of the molecule is CCCOc1ccccc1C1CCN([C@H]2CC3CCC2C3)CC1. The monoisotopic (exact) mass is 313 g/mol. The van der Waals surface area contributed by atoms with E-state index in [4.69, 9.17) is 4.74 Å². The van der Waals surface area contributed by atoms with E-state index in [1.807, 2.05) is 0 Å². The number of fused-ring (bicyclic) bond motifs is 2. The number of hydrogen-bond acceptors (Lipinski definition) is 2. The van der Waals surface area contributed by atoms with Crippen molar-refractivity contribution < 1.29 is 4.74 Å². The van der Waals surface area contributed by atoms with E-state index < -0.39 is 0 Å². The molecule has 0 amide bonds. The molecular weight excluding hydrogens is 282 g/mol. The van der Waals surface area contributed by atoms with Crippen LogP contribution in [0.25, 0.3) is 0 Å². The number of benzene rings is 1. The van der Waals surface area contributed by atoms with Gasteiger partial charge in [0.15, 0.2) is 0 Å². The van der Waals surface area contributed by atoms with Crippen LogP contribution in [-0.2, 0) is 0 Å². The van der Waals surface area contributed by atoms with E-state index in [2.05, 4.69) is 36.1 Å². The molecule has 1 aromatic rings. The summed E-state index contributed by atoms with van der Waals surface area (Å²) in [5.41, 5.74) is 1.45. The predicted octanol–water partition coefficient (Wildman–Crippen LogP) is 4.84. The van der Waals surface area contributed by atoms with Crippen molar-refractivity contribution in [2.24, 2.45) is 11.8 Å². The number of para-hydroxylation sites is 1. The van der Waals surface area contributed by atoms with Gasteiger partial charge in [-0.05, 0) is 81.0 Å². The Balaban J connectivity index is 1.38. The molecule has 2 bridgehead atoms. The second kappa shape index (κ2) is 6.84. The van der Waals surface area contributed by atoms with Crippen LogP contribution in [0.3, 0.4) is 0 Å². The summed E-state index contributed by atoms with van der Waals surface area (Å²) in [6.07, 6.45) is 9.73. The highest BCUT2D eigenvalue weighted by Gasteiger charge is 2.42. The lowest BCUT2D eigenvalue weighted by atomic mass is 9.86. The Kier molecular flexibility index (Phi) is 4.61. The van der Waals surface area contributed by atoms with Gasteiger partial charge in [0, 0.05) is 6.04 Å². The Labute approximate surface area is 141 Å². The molecule has 0 N–H and O–H groups in total. The molecule has 2 aliphatic carbocycles. The van der Waals surface area contributed by atoms with Gasteiger partial charge in [0.25, 0.3) is 0 Å². The fourth-order valence-electron chi connectivity index (χ4n) is 5.36. The zero-order valence-electron chi connectivity index (χ0n) is 14.5. The summed E-state index contributed by atoms with van der Waals surface area (Å²) in [7, 11) is 0. The first-order valence-corrected chi connectivity index (χ1v) is 9.81. The molecule has 0 spiro atoms. The van der Waals surface area contributed by atoms with Gasteiger partial charge < -0.3 is 9.64 Å². The molecule has 3 atom stereocenters. The van der Waals surface area contributed by atoms with Crippen molar-refractivity contribution in [3.8, 4) is 5.75 Å². The van der Waals surface area contributed by atoms with E-state index in [-0.39, 0.29) is 0 Å². The molecule has 2 heteroatoms. The quantitative estimate of drug-likeness (QED) is 0.771. The van der Waals surface area contributed by atoms with Gasteiger partial charge in [-0.3, -0.25) is 0 Å². The summed E-state index contributed by atoms with van der Waals surface area (Å²) in [6.45, 7) is 5.60. The normalized spacial score (nSPS) is 31.6. The van der Waals surface area contributed by atoms with E-state index in [0.717, 1.165) is 36.7 Å². The molecule has 3 fully saturated rings. The first kappa shape index (κ1) is 15.5. The molecule has 1 aromatic carbocycles. The number of likely N-dealkylation sites (tertiary alicyclic amines) is 1. The average Bonchev–Trinajstić information content (AvgIpc) is 3.24. The third-order valence-corrected chi connectivity index (χ3v) is 6.52. The molecule has 2 saturated carbocycles. The van der Waals surface area contributed by atoms with Gasteiger partial charge >= 0.3 is 0 Å². The summed E-state index contributed by atoms with van der Waals surface area (Å²) < 4.78 is 5.99. The second-order valence-corrected chi connectivity index (χ2v) is 7.94. The average molecular weight is 313 g/mol. The van der Waals surface area contributed by atoms with Crippen LogP contribution in [0, 0.1) is 11.8 Å². The minimum absolute atomic E-state index is 0.692. The lowest BCUT2D eigenvalue weighted by Gasteiger charge is -2.40. The largest absolute Gasteiger partial charge is 0.493 e. The summed E-state index contributed by atoms with van der Waals surface area (Å²) in [6, 6.07) is 9.66. The zero-order chi connectivity index (χ0) is 15.6. The Morgan fingerprint density at radius 3 is 2.57 bits per heavy atom. The Morgan fingerprint density at radius 2 is 1.87 bits per heavy atom. The molecule has 23 heavy (non-hydrogen) atoms. The number of ether oxygens (including phenoxy) is 1. The summed E-state index contributed by atoms with van der Waals surface area (Å²) in [5.74, 6) is 3.91. The van der Waals surface area contributed by atoms with Gasteiger partial charge in [0.2, 0.25) is 0 Å². The molecule has 2 nitrogen and oxygen atoms in total. The third kappa shape index (κ3) is 3.15. The van der Waals surface area contributed by atoms with Crippen LogP contribution < -0.4 is 4.74 Å². The standard InChI is InChI=1S/C21H31NO/c1-2-13-23-21-6-4-3-5-19(21)17-9-11-22(12-10-17)20-15-16-7-8-18(20)14-16/h3-6,16-18,20H,2,7-15H2,1H3/t16?,18?,20-/m0/s1. The van der Waals surface area contributed by atoms with Crippen LogP contribution in [0.15, 0.2) is 24.3 Å².